The molecular formula is C20H22N4O3S. The molecule has 0 spiro atoms. The number of aliphatic hydroxyl groups excluding tert-OH is 1. The van der Waals surface area contributed by atoms with Gasteiger partial charge in [-0.1, -0.05) is 24.3 Å². The number of nitrogens with zero attached hydrogens (tertiary/aromatic N) is 3. The molecule has 28 heavy (non-hydrogen) atoms. The minimum Gasteiger partial charge on any atom is -0.390 e. The van der Waals surface area contributed by atoms with Crippen LogP contribution in [0.4, 0.5) is 0 Å². The highest BCUT2D eigenvalue weighted by atomic mass is 32.2. The summed E-state index contributed by atoms with van der Waals surface area (Å²) >= 11 is 0. The molecule has 4 rings (SSSR count). The molecule has 1 saturated heterocycles. The molecule has 2 N–H and O–H groups in total. The number of aliphatic hydroxyl groups is 1. The summed E-state index contributed by atoms with van der Waals surface area (Å²) in [4.78, 5) is 17.4. The van der Waals surface area contributed by atoms with Crippen LogP contribution in [0.25, 0.3) is 6.20 Å². The second-order valence-corrected chi connectivity index (χ2v) is 9.18. The molecule has 8 heteroatoms. The van der Waals surface area contributed by atoms with Crippen molar-refractivity contribution in [3.05, 3.63) is 65.8 Å². The number of aromatic nitrogens is 2. The van der Waals surface area contributed by atoms with Crippen LogP contribution in [0.5, 0.6) is 0 Å². The van der Waals surface area contributed by atoms with Crippen molar-refractivity contribution in [3.8, 4) is 0 Å². The van der Waals surface area contributed by atoms with Crippen molar-refractivity contribution >= 4 is 27.7 Å². The van der Waals surface area contributed by atoms with Crippen LogP contribution < -0.4 is 5.32 Å². The third-order valence-corrected chi connectivity index (χ3v) is 7.02. The minimum absolute atomic E-state index is 0.169. The quantitative estimate of drug-likeness (QED) is 0.730. The highest BCUT2D eigenvalue weighted by Crippen LogP contribution is 2.22. The van der Waals surface area contributed by atoms with Crippen LogP contribution in [0, 0.1) is 0 Å². The fourth-order valence-corrected chi connectivity index (χ4v) is 4.83. The predicted molar refractivity (Wildman–Crippen MR) is 109 cm³/mol. The number of hydrogen-bond acceptors (Lipinski definition) is 4. The Balaban J connectivity index is 1.40. The minimum atomic E-state index is -2.57. The molecular weight excluding hydrogens is 376 g/mol. The van der Waals surface area contributed by atoms with Crippen molar-refractivity contribution in [1.29, 1.82) is 0 Å². The lowest BCUT2D eigenvalue weighted by molar-refractivity contribution is -0.117. The monoisotopic (exact) mass is 398 g/mol. The number of amides is 1. The maximum atomic E-state index is 12.8. The van der Waals surface area contributed by atoms with E-state index >= 15 is 0 Å². The van der Waals surface area contributed by atoms with Gasteiger partial charge in [0.1, 0.15) is 5.82 Å². The first-order chi connectivity index (χ1) is 13.4. The molecule has 1 aromatic carbocycles. The third kappa shape index (κ3) is 3.66. The van der Waals surface area contributed by atoms with Gasteiger partial charge in [0, 0.05) is 49.5 Å². The van der Waals surface area contributed by atoms with Gasteiger partial charge >= 0.3 is 0 Å². The topological polar surface area (TPSA) is 87.5 Å². The molecule has 146 valence electrons. The average Bonchev–Trinajstić information content (AvgIpc) is 3.00. The van der Waals surface area contributed by atoms with Gasteiger partial charge < -0.3 is 15.0 Å². The van der Waals surface area contributed by atoms with Crippen LogP contribution in [0.1, 0.15) is 11.4 Å². The molecule has 2 aliphatic rings. The Morgan fingerprint density at radius 3 is 2.79 bits per heavy atom. The second-order valence-electron chi connectivity index (χ2n) is 6.91. The normalized spacial score (nSPS) is 19.1. The van der Waals surface area contributed by atoms with Gasteiger partial charge in [-0.3, -0.25) is 4.79 Å². The second kappa shape index (κ2) is 7.38. The molecule has 2 aromatic rings. The van der Waals surface area contributed by atoms with Crippen LogP contribution in [-0.2, 0) is 27.5 Å². The molecule has 1 unspecified atom stereocenters. The highest BCUT2D eigenvalue weighted by Gasteiger charge is 2.31. The summed E-state index contributed by atoms with van der Waals surface area (Å²) in [6, 6.07) is 7.21. The maximum absolute atomic E-state index is 12.8. The molecule has 1 atom stereocenters. The van der Waals surface area contributed by atoms with Crippen molar-refractivity contribution in [3.63, 3.8) is 0 Å². The first-order valence-electron chi connectivity index (χ1n) is 9.01. The Morgan fingerprint density at radius 1 is 1.32 bits per heavy atom. The SMILES string of the molecule is C=S(=O)(c1ccc(CNC(=O)C2=Cn3ccnc3CC=C2)cc1)N1CC(O)C1. The van der Waals surface area contributed by atoms with E-state index in [9.17, 15) is 14.1 Å². The fourth-order valence-electron chi connectivity index (χ4n) is 3.15. The van der Waals surface area contributed by atoms with Crippen molar-refractivity contribution in [2.45, 2.75) is 24.0 Å². The van der Waals surface area contributed by atoms with Gasteiger partial charge in [0.25, 0.3) is 5.91 Å². The van der Waals surface area contributed by atoms with Crippen LogP contribution in [0.2, 0.25) is 0 Å². The van der Waals surface area contributed by atoms with Crippen LogP contribution in [0.15, 0.2) is 59.3 Å². The number of hydrogen-bond donors (Lipinski definition) is 2. The number of benzene rings is 1. The standard InChI is InChI=1S/C20H22N4O3S/c1-28(27,24-13-17(25)14-24)18-7-5-15(6-8-18)11-22-20(26)16-3-2-4-19-21-9-10-23(19)12-16/h2-3,5-10,12,17,25H,1,4,11,13-14H2,(H,22,26). The number of imidazole rings is 1. The van der Waals surface area contributed by atoms with Crippen LogP contribution >= 0.6 is 0 Å². The molecule has 0 saturated carbocycles. The van der Waals surface area contributed by atoms with E-state index in [1.54, 1.807) is 34.9 Å². The average molecular weight is 398 g/mol. The number of rotatable bonds is 5. The molecule has 0 bridgehead atoms. The smallest absolute Gasteiger partial charge is 0.253 e. The zero-order chi connectivity index (χ0) is 19.7. The van der Waals surface area contributed by atoms with Crippen molar-refractivity contribution in [2.75, 3.05) is 13.1 Å². The first-order valence-corrected chi connectivity index (χ1v) is 10.7. The van der Waals surface area contributed by atoms with Crippen molar-refractivity contribution in [2.24, 2.45) is 0 Å². The van der Waals surface area contributed by atoms with Gasteiger partial charge in [0.15, 0.2) is 0 Å². The number of carbonyl (C=O) groups excluding carboxylic acids is 1. The van der Waals surface area contributed by atoms with E-state index in [2.05, 4.69) is 16.2 Å². The summed E-state index contributed by atoms with van der Waals surface area (Å²) in [7, 11) is -2.57. The van der Waals surface area contributed by atoms with Gasteiger partial charge in [-0.2, -0.15) is 0 Å². The molecule has 0 aliphatic carbocycles. The van der Waals surface area contributed by atoms with Crippen LogP contribution in [-0.4, -0.2) is 54.1 Å². The highest BCUT2D eigenvalue weighted by molar-refractivity contribution is 7.98. The van der Waals surface area contributed by atoms with Gasteiger partial charge in [0.05, 0.1) is 21.4 Å². The maximum Gasteiger partial charge on any atom is 0.253 e. The predicted octanol–water partition coefficient (Wildman–Crippen LogP) is 0.819. The first kappa shape index (κ1) is 18.7. The zero-order valence-electron chi connectivity index (χ0n) is 15.3. The molecule has 7 nitrogen and oxygen atoms in total. The zero-order valence-corrected chi connectivity index (χ0v) is 16.1. The van der Waals surface area contributed by atoms with E-state index in [1.807, 2.05) is 29.0 Å². The molecule has 2 aliphatic heterocycles. The Morgan fingerprint density at radius 2 is 2.07 bits per heavy atom. The molecule has 0 radical (unpaired) electrons. The summed E-state index contributed by atoms with van der Waals surface area (Å²) in [5.74, 6) is 4.56. The lowest BCUT2D eigenvalue weighted by atomic mass is 10.2. The van der Waals surface area contributed by atoms with E-state index in [0.717, 1.165) is 11.4 Å². The van der Waals surface area contributed by atoms with Gasteiger partial charge in [-0.05, 0) is 23.6 Å². The Kier molecular flexibility index (Phi) is 4.92. The van der Waals surface area contributed by atoms with E-state index in [4.69, 9.17) is 0 Å². The number of carbonyl (C=O) groups is 1. The van der Waals surface area contributed by atoms with E-state index in [1.165, 1.54) is 0 Å². The van der Waals surface area contributed by atoms with E-state index < -0.39 is 15.8 Å². The Bertz CT molecular complexity index is 1050. The summed E-state index contributed by atoms with van der Waals surface area (Å²) < 4.78 is 16.4. The number of β-amino-alcohol motifs (C(OH)–C–C–N with tert-alkyl or cyclic N) is 1. The van der Waals surface area contributed by atoms with Crippen molar-refractivity contribution in [1.82, 2.24) is 19.2 Å². The van der Waals surface area contributed by atoms with Gasteiger partial charge in [0.2, 0.25) is 0 Å². The summed E-state index contributed by atoms with van der Waals surface area (Å²) in [5.41, 5.74) is 1.46. The van der Waals surface area contributed by atoms with Crippen molar-refractivity contribution < 1.29 is 14.1 Å². The van der Waals surface area contributed by atoms with Crippen LogP contribution in [0.3, 0.4) is 0 Å². The summed E-state index contributed by atoms with van der Waals surface area (Å²) in [5, 5.41) is 12.3. The summed E-state index contributed by atoms with van der Waals surface area (Å²) in [6.07, 6.45) is 9.27. The molecule has 1 fully saturated rings. The fraction of sp³-hybridized carbons (Fsp3) is 0.250. The van der Waals surface area contributed by atoms with E-state index in [0.29, 0.717) is 36.5 Å². The van der Waals surface area contributed by atoms with Gasteiger partial charge in [-0.25, -0.2) is 13.5 Å². The molecule has 3 heterocycles. The lowest BCUT2D eigenvalue weighted by Gasteiger charge is -2.37. The number of fused-ring (bicyclic) bond motifs is 1. The Hall–Kier alpha value is -2.68. The third-order valence-electron chi connectivity index (χ3n) is 4.88. The molecule has 1 aromatic heterocycles. The number of nitrogens with one attached hydrogen (secondary N) is 1. The lowest BCUT2D eigenvalue weighted by Crippen LogP contribution is -2.53. The van der Waals surface area contributed by atoms with E-state index in [-0.39, 0.29) is 5.91 Å². The largest absolute Gasteiger partial charge is 0.390 e. The molecule has 1 amide bonds. The Labute approximate surface area is 164 Å². The number of allylic oxidation sites excluding steroid dienone is 1. The van der Waals surface area contributed by atoms with Gasteiger partial charge in [-0.15, -0.1) is 0 Å². The summed E-state index contributed by atoms with van der Waals surface area (Å²) in [6.45, 7) is 1.12.